The third-order valence-corrected chi connectivity index (χ3v) is 1.67. The zero-order valence-corrected chi connectivity index (χ0v) is 6.96. The van der Waals surface area contributed by atoms with Crippen LogP contribution in [0.1, 0.15) is 19.8 Å². The lowest BCUT2D eigenvalue weighted by Gasteiger charge is -2.07. The maximum atomic E-state index is 11.0. The molecule has 1 rings (SSSR count). The number of nitrogens with one attached hydrogen (secondary N) is 2. The Hall–Kier alpha value is -1.10. The SMILES string of the molecule is CC(N)C(=O)NNC(=O)C1CC1. The number of amides is 2. The highest BCUT2D eigenvalue weighted by molar-refractivity contribution is 5.86. The van der Waals surface area contributed by atoms with Gasteiger partial charge in [0.15, 0.2) is 0 Å². The molecule has 0 spiro atoms. The zero-order chi connectivity index (χ0) is 9.14. The molecule has 12 heavy (non-hydrogen) atoms. The summed E-state index contributed by atoms with van der Waals surface area (Å²) in [6, 6.07) is -0.593. The number of carbonyl (C=O) groups is 2. The van der Waals surface area contributed by atoms with E-state index in [1.807, 2.05) is 0 Å². The van der Waals surface area contributed by atoms with Crippen molar-refractivity contribution in [1.29, 1.82) is 0 Å². The monoisotopic (exact) mass is 171 g/mol. The van der Waals surface area contributed by atoms with Crippen LogP contribution in [0.5, 0.6) is 0 Å². The normalized spacial score (nSPS) is 18.2. The summed E-state index contributed by atoms with van der Waals surface area (Å²) in [5, 5.41) is 0. The van der Waals surface area contributed by atoms with Gasteiger partial charge in [-0.2, -0.15) is 0 Å². The molecule has 2 amide bonds. The largest absolute Gasteiger partial charge is 0.320 e. The van der Waals surface area contributed by atoms with E-state index in [4.69, 9.17) is 5.73 Å². The molecule has 5 heteroatoms. The van der Waals surface area contributed by atoms with Gasteiger partial charge in [-0.1, -0.05) is 0 Å². The van der Waals surface area contributed by atoms with E-state index in [0.717, 1.165) is 12.8 Å². The van der Waals surface area contributed by atoms with E-state index in [0.29, 0.717) is 0 Å². The van der Waals surface area contributed by atoms with Gasteiger partial charge in [-0.05, 0) is 19.8 Å². The Balaban J connectivity index is 2.15. The number of hydrogen-bond donors (Lipinski definition) is 3. The van der Waals surface area contributed by atoms with Crippen LogP contribution >= 0.6 is 0 Å². The maximum absolute atomic E-state index is 11.0. The number of carbonyl (C=O) groups excluding carboxylic acids is 2. The molecule has 1 saturated carbocycles. The van der Waals surface area contributed by atoms with Crippen molar-refractivity contribution in [3.05, 3.63) is 0 Å². The molecule has 1 unspecified atom stereocenters. The lowest BCUT2D eigenvalue weighted by molar-refractivity contribution is -0.130. The fourth-order valence-electron chi connectivity index (χ4n) is 0.685. The van der Waals surface area contributed by atoms with Crippen molar-refractivity contribution in [2.45, 2.75) is 25.8 Å². The van der Waals surface area contributed by atoms with Crippen molar-refractivity contribution in [2.24, 2.45) is 11.7 Å². The van der Waals surface area contributed by atoms with Crippen LogP contribution in [0.3, 0.4) is 0 Å². The predicted molar refractivity (Wildman–Crippen MR) is 42.7 cm³/mol. The van der Waals surface area contributed by atoms with Crippen molar-refractivity contribution >= 4 is 11.8 Å². The lowest BCUT2D eigenvalue weighted by Crippen LogP contribution is -2.48. The minimum atomic E-state index is -0.593. The van der Waals surface area contributed by atoms with Crippen LogP contribution in [-0.2, 0) is 9.59 Å². The topological polar surface area (TPSA) is 84.2 Å². The minimum Gasteiger partial charge on any atom is -0.320 e. The summed E-state index contributed by atoms with van der Waals surface area (Å²) < 4.78 is 0. The summed E-state index contributed by atoms with van der Waals surface area (Å²) >= 11 is 0. The lowest BCUT2D eigenvalue weighted by atomic mass is 10.3. The van der Waals surface area contributed by atoms with Gasteiger partial charge in [0, 0.05) is 5.92 Å². The van der Waals surface area contributed by atoms with Crippen LogP contribution in [-0.4, -0.2) is 17.9 Å². The average Bonchev–Trinajstić information content (AvgIpc) is 2.81. The summed E-state index contributed by atoms with van der Waals surface area (Å²) in [4.78, 5) is 21.8. The molecular formula is C7H13N3O2. The van der Waals surface area contributed by atoms with Crippen LogP contribution in [0.15, 0.2) is 0 Å². The Bertz CT molecular complexity index is 185. The van der Waals surface area contributed by atoms with Crippen LogP contribution in [0, 0.1) is 5.92 Å². The third kappa shape index (κ3) is 2.50. The van der Waals surface area contributed by atoms with Gasteiger partial charge in [0.05, 0.1) is 6.04 Å². The first-order chi connectivity index (χ1) is 5.61. The van der Waals surface area contributed by atoms with E-state index in [1.54, 1.807) is 6.92 Å². The van der Waals surface area contributed by atoms with Crippen molar-refractivity contribution < 1.29 is 9.59 Å². The molecule has 1 aliphatic carbocycles. The minimum absolute atomic E-state index is 0.0957. The molecule has 1 atom stereocenters. The Labute approximate surface area is 70.7 Å². The quantitative estimate of drug-likeness (QED) is 0.461. The Morgan fingerprint density at radius 1 is 1.42 bits per heavy atom. The van der Waals surface area contributed by atoms with Gasteiger partial charge in [0.1, 0.15) is 0 Å². The Morgan fingerprint density at radius 2 is 2.00 bits per heavy atom. The Kier molecular flexibility index (Phi) is 2.65. The molecule has 5 nitrogen and oxygen atoms in total. The number of nitrogens with two attached hydrogens (primary N) is 1. The van der Waals surface area contributed by atoms with E-state index in [9.17, 15) is 9.59 Å². The molecule has 1 fully saturated rings. The van der Waals surface area contributed by atoms with Gasteiger partial charge >= 0.3 is 0 Å². The smallest absolute Gasteiger partial charge is 0.254 e. The molecule has 68 valence electrons. The molecule has 0 bridgehead atoms. The van der Waals surface area contributed by atoms with E-state index in [-0.39, 0.29) is 17.7 Å². The van der Waals surface area contributed by atoms with Crippen LogP contribution < -0.4 is 16.6 Å². The van der Waals surface area contributed by atoms with Gasteiger partial charge < -0.3 is 5.73 Å². The van der Waals surface area contributed by atoms with Crippen LogP contribution in [0.2, 0.25) is 0 Å². The highest BCUT2D eigenvalue weighted by Crippen LogP contribution is 2.28. The van der Waals surface area contributed by atoms with Gasteiger partial charge in [-0.25, -0.2) is 0 Å². The number of rotatable bonds is 2. The molecule has 0 radical (unpaired) electrons. The highest BCUT2D eigenvalue weighted by Gasteiger charge is 2.29. The van der Waals surface area contributed by atoms with Crippen molar-refractivity contribution in [3.8, 4) is 0 Å². The standard InChI is InChI=1S/C7H13N3O2/c1-4(8)6(11)9-10-7(12)5-2-3-5/h4-5H,2-3,8H2,1H3,(H,9,11)(H,10,12). The van der Waals surface area contributed by atoms with Crippen LogP contribution in [0.25, 0.3) is 0 Å². The maximum Gasteiger partial charge on any atom is 0.254 e. The number of hydrogen-bond acceptors (Lipinski definition) is 3. The van der Waals surface area contributed by atoms with Crippen molar-refractivity contribution in [1.82, 2.24) is 10.9 Å². The Morgan fingerprint density at radius 3 is 2.42 bits per heavy atom. The van der Waals surface area contributed by atoms with Crippen molar-refractivity contribution in [3.63, 3.8) is 0 Å². The average molecular weight is 171 g/mol. The van der Waals surface area contributed by atoms with E-state index in [2.05, 4.69) is 10.9 Å². The molecule has 0 saturated heterocycles. The molecule has 0 aromatic heterocycles. The summed E-state index contributed by atoms with van der Waals surface area (Å²) in [6.45, 7) is 1.55. The van der Waals surface area contributed by atoms with Gasteiger partial charge in [0.2, 0.25) is 5.91 Å². The first-order valence-electron chi connectivity index (χ1n) is 3.96. The highest BCUT2D eigenvalue weighted by atomic mass is 16.2. The third-order valence-electron chi connectivity index (χ3n) is 1.67. The zero-order valence-electron chi connectivity index (χ0n) is 6.96. The summed E-state index contributed by atoms with van der Waals surface area (Å²) in [5.74, 6) is -0.397. The first kappa shape index (κ1) is 8.99. The number of hydrazine groups is 1. The predicted octanol–water partition coefficient (Wildman–Crippen LogP) is -1.11. The van der Waals surface area contributed by atoms with E-state index < -0.39 is 6.04 Å². The van der Waals surface area contributed by atoms with E-state index >= 15 is 0 Å². The van der Waals surface area contributed by atoms with E-state index in [1.165, 1.54) is 0 Å². The second-order valence-corrected chi connectivity index (χ2v) is 3.04. The second-order valence-electron chi connectivity index (χ2n) is 3.04. The molecule has 0 heterocycles. The second kappa shape index (κ2) is 3.53. The van der Waals surface area contributed by atoms with Crippen molar-refractivity contribution in [2.75, 3.05) is 0 Å². The molecule has 0 aromatic carbocycles. The summed E-state index contributed by atoms with van der Waals surface area (Å²) in [6.07, 6.45) is 1.83. The van der Waals surface area contributed by atoms with Gasteiger partial charge in [-0.3, -0.25) is 20.4 Å². The molecule has 1 aliphatic rings. The molecule has 4 N–H and O–H groups in total. The van der Waals surface area contributed by atoms with Crippen LogP contribution in [0.4, 0.5) is 0 Å². The molecular weight excluding hydrogens is 158 g/mol. The summed E-state index contributed by atoms with van der Waals surface area (Å²) in [5.41, 5.74) is 9.80. The summed E-state index contributed by atoms with van der Waals surface area (Å²) in [7, 11) is 0. The first-order valence-corrected chi connectivity index (χ1v) is 3.96. The fraction of sp³-hybridized carbons (Fsp3) is 0.714. The van der Waals surface area contributed by atoms with Gasteiger partial charge in [0.25, 0.3) is 5.91 Å². The molecule has 0 aliphatic heterocycles. The fourth-order valence-corrected chi connectivity index (χ4v) is 0.685. The van der Waals surface area contributed by atoms with Gasteiger partial charge in [-0.15, -0.1) is 0 Å². The molecule has 0 aromatic rings.